The molecule has 0 saturated carbocycles. The Morgan fingerprint density at radius 1 is 1.31 bits per heavy atom. The summed E-state index contributed by atoms with van der Waals surface area (Å²) in [4.78, 5) is 36.9. The molecular formula is C18H25N3O5. The molecule has 1 saturated heterocycles. The topological polar surface area (TPSA) is 97.0 Å². The van der Waals surface area contributed by atoms with Crippen molar-refractivity contribution in [1.82, 2.24) is 10.2 Å². The molecule has 1 atom stereocenters. The van der Waals surface area contributed by atoms with Gasteiger partial charge in [-0.3, -0.25) is 14.4 Å². The summed E-state index contributed by atoms with van der Waals surface area (Å²) in [6.45, 7) is 6.91. The molecule has 1 fully saturated rings. The van der Waals surface area contributed by atoms with Gasteiger partial charge in [-0.05, 0) is 19.1 Å². The Morgan fingerprint density at radius 2 is 2.08 bits per heavy atom. The van der Waals surface area contributed by atoms with E-state index >= 15 is 0 Å². The van der Waals surface area contributed by atoms with Crippen LogP contribution in [-0.4, -0.2) is 61.6 Å². The van der Waals surface area contributed by atoms with Gasteiger partial charge < -0.3 is 25.0 Å². The number of nitrogens with zero attached hydrogens (tertiary/aromatic N) is 1. The number of nitrogens with one attached hydrogen (secondary N) is 2. The first-order chi connectivity index (χ1) is 12.4. The predicted octanol–water partition coefficient (Wildman–Crippen LogP) is 1.02. The van der Waals surface area contributed by atoms with Crippen molar-refractivity contribution < 1.29 is 23.9 Å². The van der Waals surface area contributed by atoms with Crippen LogP contribution in [0.2, 0.25) is 0 Å². The summed E-state index contributed by atoms with van der Waals surface area (Å²) in [7, 11) is 0. The smallest absolute Gasteiger partial charge is 0.255 e. The normalized spacial score (nSPS) is 16.7. The zero-order valence-corrected chi connectivity index (χ0v) is 15.3. The van der Waals surface area contributed by atoms with Gasteiger partial charge in [-0.1, -0.05) is 0 Å². The summed E-state index contributed by atoms with van der Waals surface area (Å²) >= 11 is 0. The van der Waals surface area contributed by atoms with E-state index < -0.39 is 0 Å². The molecule has 0 spiro atoms. The highest BCUT2D eigenvalue weighted by Gasteiger charge is 2.23. The van der Waals surface area contributed by atoms with Crippen LogP contribution in [0.1, 0.15) is 31.1 Å². The Morgan fingerprint density at radius 3 is 2.73 bits per heavy atom. The number of hydrogen-bond donors (Lipinski definition) is 2. The molecule has 3 amide bonds. The Bertz CT molecular complexity index is 677. The van der Waals surface area contributed by atoms with Crippen LogP contribution >= 0.6 is 0 Å². The number of ether oxygens (including phenoxy) is 2. The summed E-state index contributed by atoms with van der Waals surface area (Å²) in [6.07, 6.45) is -0.245. The van der Waals surface area contributed by atoms with Gasteiger partial charge >= 0.3 is 0 Å². The third-order valence-electron chi connectivity index (χ3n) is 3.92. The van der Waals surface area contributed by atoms with Crippen LogP contribution in [0.15, 0.2) is 18.2 Å². The molecule has 1 heterocycles. The molecule has 1 aromatic rings. The Balaban J connectivity index is 2.01. The second-order valence-electron chi connectivity index (χ2n) is 5.99. The van der Waals surface area contributed by atoms with Gasteiger partial charge in [-0.2, -0.15) is 0 Å². The SMILES string of the molecule is CCOc1cc(NC(C)=O)ccc1C(=O)NC[C@@H]1CN(C(C)=O)CCO1. The maximum Gasteiger partial charge on any atom is 0.255 e. The molecule has 0 bridgehead atoms. The van der Waals surface area contributed by atoms with Crippen molar-refractivity contribution in [2.24, 2.45) is 0 Å². The predicted molar refractivity (Wildman–Crippen MR) is 96.2 cm³/mol. The van der Waals surface area contributed by atoms with Gasteiger partial charge in [-0.25, -0.2) is 0 Å². The van der Waals surface area contributed by atoms with Gasteiger partial charge in [-0.15, -0.1) is 0 Å². The molecule has 0 unspecified atom stereocenters. The fourth-order valence-electron chi connectivity index (χ4n) is 2.70. The van der Waals surface area contributed by atoms with Gasteiger partial charge in [0.15, 0.2) is 0 Å². The Kier molecular flexibility index (Phi) is 6.97. The molecular weight excluding hydrogens is 338 g/mol. The molecule has 2 rings (SSSR count). The van der Waals surface area contributed by atoms with Crippen LogP contribution in [-0.2, 0) is 14.3 Å². The van der Waals surface area contributed by atoms with Crippen molar-refractivity contribution in [2.75, 3.05) is 38.2 Å². The zero-order chi connectivity index (χ0) is 19.1. The summed E-state index contributed by atoms with van der Waals surface area (Å²) in [5.74, 6) is -0.108. The minimum Gasteiger partial charge on any atom is -0.493 e. The molecule has 26 heavy (non-hydrogen) atoms. The molecule has 0 aromatic heterocycles. The van der Waals surface area contributed by atoms with Crippen LogP contribution in [0, 0.1) is 0 Å². The number of amides is 3. The van der Waals surface area contributed by atoms with E-state index in [1.807, 2.05) is 6.92 Å². The number of carbonyl (C=O) groups is 3. The first-order valence-corrected chi connectivity index (χ1v) is 8.60. The highest BCUT2D eigenvalue weighted by Crippen LogP contribution is 2.23. The molecule has 1 aliphatic rings. The first kappa shape index (κ1) is 19.7. The maximum absolute atomic E-state index is 12.5. The van der Waals surface area contributed by atoms with E-state index in [1.54, 1.807) is 23.1 Å². The lowest BCUT2D eigenvalue weighted by Gasteiger charge is -2.32. The van der Waals surface area contributed by atoms with Crippen LogP contribution in [0.5, 0.6) is 5.75 Å². The number of morpholine rings is 1. The number of carbonyl (C=O) groups excluding carboxylic acids is 3. The third-order valence-corrected chi connectivity index (χ3v) is 3.92. The van der Waals surface area contributed by atoms with Gasteiger partial charge in [0, 0.05) is 45.2 Å². The summed E-state index contributed by atoms with van der Waals surface area (Å²) in [5.41, 5.74) is 0.936. The van der Waals surface area contributed by atoms with Crippen molar-refractivity contribution in [1.29, 1.82) is 0 Å². The fourth-order valence-corrected chi connectivity index (χ4v) is 2.70. The minimum atomic E-state index is -0.300. The second kappa shape index (κ2) is 9.19. The van der Waals surface area contributed by atoms with Gasteiger partial charge in [0.05, 0.1) is 24.9 Å². The lowest BCUT2D eigenvalue weighted by molar-refractivity contribution is -0.136. The molecule has 0 aliphatic carbocycles. The van der Waals surface area contributed by atoms with E-state index in [0.717, 1.165) is 0 Å². The molecule has 1 aromatic carbocycles. The van der Waals surface area contributed by atoms with Crippen LogP contribution < -0.4 is 15.4 Å². The summed E-state index contributed by atoms with van der Waals surface area (Å²) in [5, 5.41) is 5.48. The third kappa shape index (κ3) is 5.45. The number of benzene rings is 1. The van der Waals surface area contributed by atoms with E-state index in [0.29, 0.717) is 49.8 Å². The van der Waals surface area contributed by atoms with E-state index in [-0.39, 0.29) is 23.8 Å². The van der Waals surface area contributed by atoms with E-state index in [4.69, 9.17) is 9.47 Å². The summed E-state index contributed by atoms with van der Waals surface area (Å²) < 4.78 is 11.1. The first-order valence-electron chi connectivity index (χ1n) is 8.60. The maximum atomic E-state index is 12.5. The number of rotatable bonds is 6. The van der Waals surface area contributed by atoms with E-state index in [1.165, 1.54) is 13.8 Å². The Labute approximate surface area is 152 Å². The van der Waals surface area contributed by atoms with E-state index in [9.17, 15) is 14.4 Å². The molecule has 0 radical (unpaired) electrons. The zero-order valence-electron chi connectivity index (χ0n) is 15.3. The van der Waals surface area contributed by atoms with Crippen LogP contribution in [0.25, 0.3) is 0 Å². The van der Waals surface area contributed by atoms with Crippen molar-refractivity contribution in [2.45, 2.75) is 26.9 Å². The van der Waals surface area contributed by atoms with Gasteiger partial charge in [0.2, 0.25) is 11.8 Å². The van der Waals surface area contributed by atoms with Crippen molar-refractivity contribution in [3.8, 4) is 5.75 Å². The quantitative estimate of drug-likeness (QED) is 0.787. The fraction of sp³-hybridized carbons (Fsp3) is 0.500. The largest absolute Gasteiger partial charge is 0.493 e. The van der Waals surface area contributed by atoms with Crippen molar-refractivity contribution in [3.05, 3.63) is 23.8 Å². The van der Waals surface area contributed by atoms with Gasteiger partial charge in [0.1, 0.15) is 5.75 Å². The van der Waals surface area contributed by atoms with Gasteiger partial charge in [0.25, 0.3) is 5.91 Å². The molecule has 8 nitrogen and oxygen atoms in total. The minimum absolute atomic E-state index is 0.00295. The molecule has 142 valence electrons. The Hall–Kier alpha value is -2.61. The second-order valence-corrected chi connectivity index (χ2v) is 5.99. The van der Waals surface area contributed by atoms with Crippen LogP contribution in [0.4, 0.5) is 5.69 Å². The molecule has 8 heteroatoms. The average Bonchev–Trinajstić information content (AvgIpc) is 2.60. The average molecular weight is 363 g/mol. The standard InChI is InChI=1S/C18H25N3O5/c1-4-25-17-9-14(20-12(2)22)5-6-16(17)18(24)19-10-15-11-21(13(3)23)7-8-26-15/h5-6,9,15H,4,7-8,10-11H2,1-3H3,(H,19,24)(H,20,22)/t15-/m1/s1. The highest BCUT2D eigenvalue weighted by molar-refractivity contribution is 5.98. The van der Waals surface area contributed by atoms with E-state index in [2.05, 4.69) is 10.6 Å². The number of hydrogen-bond acceptors (Lipinski definition) is 5. The summed E-state index contributed by atoms with van der Waals surface area (Å²) in [6, 6.07) is 4.87. The lowest BCUT2D eigenvalue weighted by Crippen LogP contribution is -2.49. The van der Waals surface area contributed by atoms with Crippen molar-refractivity contribution in [3.63, 3.8) is 0 Å². The highest BCUT2D eigenvalue weighted by atomic mass is 16.5. The molecule has 2 N–H and O–H groups in total. The van der Waals surface area contributed by atoms with Crippen molar-refractivity contribution >= 4 is 23.4 Å². The monoisotopic (exact) mass is 363 g/mol. The lowest BCUT2D eigenvalue weighted by atomic mass is 10.1. The van der Waals surface area contributed by atoms with Crippen LogP contribution in [0.3, 0.4) is 0 Å². The molecule has 1 aliphatic heterocycles. The number of anilines is 1.